The van der Waals surface area contributed by atoms with Crippen molar-refractivity contribution in [2.45, 2.75) is 45.0 Å². The van der Waals surface area contributed by atoms with Gasteiger partial charge in [-0.1, -0.05) is 0 Å². The van der Waals surface area contributed by atoms with Gasteiger partial charge in [0.15, 0.2) is 0 Å². The standard InChI is InChI=1S/C16H22O3Se/c1-5-18-16(17)14-8-13(9-19-14)20-15-11(3)6-10(2)7-12(15)4/h6-7,13-14H,5,8-9H2,1-4H3. The molecule has 4 heteroatoms. The molecule has 110 valence electrons. The van der Waals surface area contributed by atoms with Gasteiger partial charge in [-0.05, 0) is 0 Å². The van der Waals surface area contributed by atoms with Crippen LogP contribution in [-0.2, 0) is 14.3 Å². The number of carbonyl (C=O) groups excluding carboxylic acids is 1. The third-order valence-electron chi connectivity index (χ3n) is 3.40. The Hall–Kier alpha value is -0.831. The average molecular weight is 341 g/mol. The fraction of sp³-hybridized carbons (Fsp3) is 0.562. The van der Waals surface area contributed by atoms with E-state index in [1.54, 1.807) is 0 Å². The van der Waals surface area contributed by atoms with Crippen molar-refractivity contribution >= 4 is 25.4 Å². The Bertz CT molecular complexity index is 475. The van der Waals surface area contributed by atoms with Crippen molar-refractivity contribution < 1.29 is 14.3 Å². The number of benzene rings is 1. The summed E-state index contributed by atoms with van der Waals surface area (Å²) in [5, 5.41) is 0. The van der Waals surface area contributed by atoms with Crippen LogP contribution in [0.4, 0.5) is 0 Å². The van der Waals surface area contributed by atoms with Gasteiger partial charge in [-0.2, -0.15) is 0 Å². The van der Waals surface area contributed by atoms with Crippen LogP contribution in [0.3, 0.4) is 0 Å². The third-order valence-corrected chi connectivity index (χ3v) is 6.63. The molecule has 0 N–H and O–H groups in total. The van der Waals surface area contributed by atoms with Gasteiger partial charge in [0, 0.05) is 0 Å². The summed E-state index contributed by atoms with van der Waals surface area (Å²) in [6.07, 6.45) is 0.443. The number of esters is 1. The Balaban J connectivity index is 2.01. The summed E-state index contributed by atoms with van der Waals surface area (Å²) in [7, 11) is 0. The summed E-state index contributed by atoms with van der Waals surface area (Å²) in [6.45, 7) is 9.41. The van der Waals surface area contributed by atoms with E-state index in [1.807, 2.05) is 6.92 Å². The van der Waals surface area contributed by atoms with E-state index in [1.165, 1.54) is 21.2 Å². The zero-order chi connectivity index (χ0) is 14.7. The van der Waals surface area contributed by atoms with Gasteiger partial charge in [-0.15, -0.1) is 0 Å². The fourth-order valence-corrected chi connectivity index (χ4v) is 5.20. The topological polar surface area (TPSA) is 35.5 Å². The maximum absolute atomic E-state index is 11.7. The SMILES string of the molecule is CCOC(=O)C1CC([Se]c2c(C)cc(C)cc2C)CO1. The molecule has 0 saturated carbocycles. The molecule has 1 heterocycles. The molecule has 0 aliphatic carbocycles. The summed E-state index contributed by atoms with van der Waals surface area (Å²) >= 11 is 0.350. The minimum absolute atomic E-state index is 0.205. The second-order valence-electron chi connectivity index (χ2n) is 5.28. The van der Waals surface area contributed by atoms with E-state index in [0.717, 1.165) is 6.42 Å². The molecule has 1 aromatic carbocycles. The summed E-state index contributed by atoms with van der Waals surface area (Å²) in [5.41, 5.74) is 4.04. The molecule has 0 radical (unpaired) electrons. The van der Waals surface area contributed by atoms with Gasteiger partial charge in [0.25, 0.3) is 0 Å². The maximum atomic E-state index is 11.7. The number of hydrogen-bond donors (Lipinski definition) is 0. The van der Waals surface area contributed by atoms with E-state index >= 15 is 0 Å². The predicted octanol–water partition coefficient (Wildman–Crippen LogP) is 2.08. The van der Waals surface area contributed by atoms with Crippen LogP contribution >= 0.6 is 0 Å². The molecule has 1 aromatic rings. The van der Waals surface area contributed by atoms with Crippen LogP contribution in [0.15, 0.2) is 12.1 Å². The molecule has 1 fully saturated rings. The Morgan fingerprint density at radius 3 is 2.60 bits per heavy atom. The van der Waals surface area contributed by atoms with E-state index < -0.39 is 0 Å². The first-order valence-corrected chi connectivity index (χ1v) is 8.88. The predicted molar refractivity (Wildman–Crippen MR) is 80.8 cm³/mol. The van der Waals surface area contributed by atoms with Crippen LogP contribution < -0.4 is 4.46 Å². The zero-order valence-corrected chi connectivity index (χ0v) is 14.3. The molecule has 0 aromatic heterocycles. The van der Waals surface area contributed by atoms with E-state index in [2.05, 4.69) is 32.9 Å². The molecule has 1 aliphatic rings. The van der Waals surface area contributed by atoms with E-state index in [9.17, 15) is 4.79 Å². The Labute approximate surface area is 127 Å². The molecular weight excluding hydrogens is 319 g/mol. The Morgan fingerprint density at radius 2 is 2.00 bits per heavy atom. The molecular formula is C16H22O3Se. The zero-order valence-electron chi connectivity index (χ0n) is 12.6. The first-order chi connectivity index (χ1) is 9.51. The van der Waals surface area contributed by atoms with E-state index in [4.69, 9.17) is 9.47 Å². The van der Waals surface area contributed by atoms with Crippen molar-refractivity contribution in [3.63, 3.8) is 0 Å². The van der Waals surface area contributed by atoms with Crippen LogP contribution in [0.5, 0.6) is 0 Å². The molecule has 3 nitrogen and oxygen atoms in total. The van der Waals surface area contributed by atoms with E-state index in [-0.39, 0.29) is 12.1 Å². The quantitative estimate of drug-likeness (QED) is 0.621. The Morgan fingerprint density at radius 1 is 1.35 bits per heavy atom. The van der Waals surface area contributed by atoms with Crippen molar-refractivity contribution in [3.05, 3.63) is 28.8 Å². The van der Waals surface area contributed by atoms with Gasteiger partial charge in [0.05, 0.1) is 0 Å². The van der Waals surface area contributed by atoms with Crippen molar-refractivity contribution in [1.29, 1.82) is 0 Å². The Kier molecular flexibility index (Phi) is 5.25. The molecule has 20 heavy (non-hydrogen) atoms. The third kappa shape index (κ3) is 3.63. The second-order valence-corrected chi connectivity index (χ2v) is 8.03. The summed E-state index contributed by atoms with van der Waals surface area (Å²) < 4.78 is 12.1. The first-order valence-electron chi connectivity index (χ1n) is 7.04. The van der Waals surface area contributed by atoms with Crippen LogP contribution in [0.25, 0.3) is 0 Å². The molecule has 1 aliphatic heterocycles. The van der Waals surface area contributed by atoms with E-state index in [0.29, 0.717) is 33.0 Å². The van der Waals surface area contributed by atoms with Crippen molar-refractivity contribution in [1.82, 2.24) is 0 Å². The monoisotopic (exact) mass is 342 g/mol. The molecule has 2 atom stereocenters. The van der Waals surface area contributed by atoms with Crippen LogP contribution in [0.2, 0.25) is 4.82 Å². The van der Waals surface area contributed by atoms with Gasteiger partial charge in [-0.3, -0.25) is 0 Å². The van der Waals surface area contributed by atoms with Crippen molar-refractivity contribution in [3.8, 4) is 0 Å². The van der Waals surface area contributed by atoms with Gasteiger partial charge in [0.1, 0.15) is 0 Å². The number of ether oxygens (including phenoxy) is 2. The molecule has 0 amide bonds. The molecule has 1 saturated heterocycles. The number of carbonyl (C=O) groups is 1. The minimum atomic E-state index is -0.354. The second kappa shape index (κ2) is 6.75. The fourth-order valence-electron chi connectivity index (χ4n) is 2.60. The van der Waals surface area contributed by atoms with Gasteiger partial charge in [-0.25, -0.2) is 0 Å². The van der Waals surface area contributed by atoms with Crippen molar-refractivity contribution in [2.75, 3.05) is 13.2 Å². The summed E-state index contributed by atoms with van der Waals surface area (Å²) in [6, 6.07) is 4.48. The summed E-state index contributed by atoms with van der Waals surface area (Å²) in [5.74, 6) is -0.205. The van der Waals surface area contributed by atoms with Crippen LogP contribution in [-0.4, -0.2) is 40.2 Å². The summed E-state index contributed by atoms with van der Waals surface area (Å²) in [4.78, 5) is 12.2. The number of rotatable bonds is 4. The molecule has 2 rings (SSSR count). The molecule has 0 spiro atoms. The van der Waals surface area contributed by atoms with Gasteiger partial charge >= 0.3 is 127 Å². The molecule has 0 bridgehead atoms. The molecule has 2 unspecified atom stereocenters. The normalized spacial score (nSPS) is 22.0. The number of hydrogen-bond acceptors (Lipinski definition) is 3. The van der Waals surface area contributed by atoms with Crippen LogP contribution in [0, 0.1) is 20.8 Å². The van der Waals surface area contributed by atoms with Gasteiger partial charge < -0.3 is 0 Å². The first kappa shape index (κ1) is 15.6. The van der Waals surface area contributed by atoms with Gasteiger partial charge in [0.2, 0.25) is 0 Å². The van der Waals surface area contributed by atoms with Crippen LogP contribution in [0.1, 0.15) is 30.0 Å². The average Bonchev–Trinajstić information content (AvgIpc) is 2.82. The van der Waals surface area contributed by atoms with Crippen molar-refractivity contribution in [2.24, 2.45) is 0 Å². The number of aryl methyl sites for hydroxylation is 3.